The van der Waals surface area contributed by atoms with Gasteiger partial charge in [-0.15, -0.1) is 0 Å². The van der Waals surface area contributed by atoms with Crippen molar-refractivity contribution in [3.8, 4) is 0 Å². The van der Waals surface area contributed by atoms with E-state index in [2.05, 4.69) is 22.4 Å². The van der Waals surface area contributed by atoms with Crippen LogP contribution < -0.4 is 16.0 Å². The Kier molecular flexibility index (Phi) is 7.20. The maximum Gasteiger partial charge on any atom is 0.255 e. The van der Waals surface area contributed by atoms with Gasteiger partial charge in [0.1, 0.15) is 6.04 Å². The van der Waals surface area contributed by atoms with E-state index in [1.807, 2.05) is 12.1 Å². The predicted molar refractivity (Wildman–Crippen MR) is 133 cm³/mol. The van der Waals surface area contributed by atoms with Gasteiger partial charge in [0.05, 0.1) is 13.2 Å². The minimum absolute atomic E-state index is 0.119. The number of rotatable bonds is 6. The molecule has 1 aliphatic carbocycles. The van der Waals surface area contributed by atoms with Crippen LogP contribution in [0.5, 0.6) is 0 Å². The number of amides is 3. The quantitative estimate of drug-likeness (QED) is 0.479. The van der Waals surface area contributed by atoms with Crippen LogP contribution in [0.15, 0.2) is 29.8 Å². The first kappa shape index (κ1) is 24.0. The van der Waals surface area contributed by atoms with Gasteiger partial charge in [-0.25, -0.2) is 0 Å². The minimum atomic E-state index is -0.597. The molecule has 2 saturated heterocycles. The molecule has 0 aromatic heterocycles. The van der Waals surface area contributed by atoms with Gasteiger partial charge >= 0.3 is 0 Å². The molecule has 8 nitrogen and oxygen atoms in total. The number of benzene rings is 1. The lowest BCUT2D eigenvalue weighted by atomic mass is 9.89. The first-order chi connectivity index (χ1) is 17.0. The highest BCUT2D eigenvalue weighted by Gasteiger charge is 2.40. The Bertz CT molecular complexity index is 1010. The summed E-state index contributed by atoms with van der Waals surface area (Å²) in [4.78, 5) is 41.6. The first-order valence-corrected chi connectivity index (χ1v) is 13.1. The van der Waals surface area contributed by atoms with Crippen molar-refractivity contribution in [3.05, 3.63) is 41.0 Å². The molecular weight excluding hydrogens is 444 g/mol. The molecule has 1 unspecified atom stereocenters. The van der Waals surface area contributed by atoms with Crippen molar-refractivity contribution in [1.82, 2.24) is 10.2 Å². The topological polar surface area (TPSA) is 105 Å². The van der Waals surface area contributed by atoms with Gasteiger partial charge in [0.15, 0.2) is 0 Å². The lowest BCUT2D eigenvalue weighted by molar-refractivity contribution is -0.136. The molecule has 35 heavy (non-hydrogen) atoms. The highest BCUT2D eigenvalue weighted by Crippen LogP contribution is 2.37. The number of nitrogens with one attached hydrogen (secondary N) is 1. The van der Waals surface area contributed by atoms with Crippen molar-refractivity contribution >= 4 is 23.4 Å². The molecule has 4 aliphatic rings. The minimum Gasteiger partial charge on any atom is -0.381 e. The summed E-state index contributed by atoms with van der Waals surface area (Å²) in [6.07, 6.45) is 10.1. The van der Waals surface area contributed by atoms with Gasteiger partial charge in [0, 0.05) is 48.4 Å². The average molecular weight is 481 g/mol. The lowest BCUT2D eigenvalue weighted by Gasteiger charge is -2.38. The molecule has 1 atom stereocenters. The van der Waals surface area contributed by atoms with Crippen LogP contribution in [0.2, 0.25) is 0 Å². The number of fused-ring (bicyclic) bond motifs is 1. The molecule has 0 radical (unpaired) electrons. The van der Waals surface area contributed by atoms with Crippen LogP contribution in [0.4, 0.5) is 5.69 Å². The van der Waals surface area contributed by atoms with E-state index in [0.717, 1.165) is 76.0 Å². The van der Waals surface area contributed by atoms with Crippen molar-refractivity contribution in [3.63, 3.8) is 0 Å². The van der Waals surface area contributed by atoms with Crippen molar-refractivity contribution in [2.24, 2.45) is 5.73 Å². The van der Waals surface area contributed by atoms with E-state index < -0.39 is 6.04 Å². The van der Waals surface area contributed by atoms with E-state index in [0.29, 0.717) is 24.6 Å². The molecule has 3 heterocycles. The summed E-state index contributed by atoms with van der Waals surface area (Å²) >= 11 is 0. The van der Waals surface area contributed by atoms with E-state index in [4.69, 9.17) is 10.5 Å². The number of imide groups is 1. The molecule has 1 aromatic rings. The standard InChI is InChI=1S/C27H36N4O4/c28-19-6-8-20(9-7-19)30(14-2-3-18-12-15-35-16-13-18)23-5-1-4-21-22(23)17-31(27(21)34)24-10-11-25(32)29-26(24)33/h1,3-5,19-20,24H,2,6-17,28H2,(H,29,32,33). The van der Waals surface area contributed by atoms with Crippen LogP contribution >= 0.6 is 0 Å². The van der Waals surface area contributed by atoms with Gasteiger partial charge in [-0.2, -0.15) is 0 Å². The predicted octanol–water partition coefficient (Wildman–Crippen LogP) is 2.65. The Balaban J connectivity index is 1.39. The van der Waals surface area contributed by atoms with Crippen LogP contribution in [-0.2, 0) is 20.9 Å². The second-order valence-electron chi connectivity index (χ2n) is 10.2. The largest absolute Gasteiger partial charge is 0.381 e. The highest BCUT2D eigenvalue weighted by molar-refractivity contribution is 6.06. The van der Waals surface area contributed by atoms with Gasteiger partial charge in [0.2, 0.25) is 11.8 Å². The molecule has 1 aromatic carbocycles. The zero-order valence-electron chi connectivity index (χ0n) is 20.3. The summed E-state index contributed by atoms with van der Waals surface area (Å²) in [7, 11) is 0. The number of ether oxygens (including phenoxy) is 1. The monoisotopic (exact) mass is 480 g/mol. The number of nitrogens with two attached hydrogens (primary N) is 1. The summed E-state index contributed by atoms with van der Waals surface area (Å²) in [5.74, 6) is -0.757. The second-order valence-corrected chi connectivity index (χ2v) is 10.2. The van der Waals surface area contributed by atoms with E-state index >= 15 is 0 Å². The van der Waals surface area contributed by atoms with Gasteiger partial charge in [0.25, 0.3) is 5.91 Å². The van der Waals surface area contributed by atoms with Gasteiger partial charge < -0.3 is 20.3 Å². The van der Waals surface area contributed by atoms with Crippen LogP contribution in [0, 0.1) is 0 Å². The average Bonchev–Trinajstić information content (AvgIpc) is 3.20. The van der Waals surface area contributed by atoms with E-state index in [1.165, 1.54) is 5.57 Å². The number of carbonyl (C=O) groups excluding carboxylic acids is 3. The van der Waals surface area contributed by atoms with Gasteiger partial charge in [-0.3, -0.25) is 19.7 Å². The number of carbonyl (C=O) groups is 3. The van der Waals surface area contributed by atoms with Crippen LogP contribution in [0.25, 0.3) is 0 Å². The van der Waals surface area contributed by atoms with Gasteiger partial charge in [-0.1, -0.05) is 17.7 Å². The number of piperidine rings is 1. The van der Waals surface area contributed by atoms with Gasteiger partial charge in [-0.05, 0) is 63.5 Å². The molecule has 188 valence electrons. The fraction of sp³-hybridized carbons (Fsp3) is 0.593. The van der Waals surface area contributed by atoms with Crippen molar-refractivity contribution < 1.29 is 19.1 Å². The SMILES string of the molecule is NC1CCC(N(CCC=C2CCOCC2)c2cccc3c2CN(C2CCC(=O)NC2=O)C3=O)CC1. The zero-order valence-corrected chi connectivity index (χ0v) is 20.3. The molecule has 0 spiro atoms. The van der Waals surface area contributed by atoms with E-state index in [9.17, 15) is 14.4 Å². The summed E-state index contributed by atoms with van der Waals surface area (Å²) in [6.45, 7) is 2.90. The normalized spacial score (nSPS) is 27.0. The van der Waals surface area contributed by atoms with Crippen LogP contribution in [0.1, 0.15) is 73.7 Å². The lowest BCUT2D eigenvalue weighted by Crippen LogP contribution is -2.52. The van der Waals surface area contributed by atoms with E-state index in [-0.39, 0.29) is 30.2 Å². The Labute approximate surface area is 206 Å². The van der Waals surface area contributed by atoms with Crippen molar-refractivity contribution in [2.45, 2.75) is 82.5 Å². The number of hydrogen-bond donors (Lipinski definition) is 2. The molecule has 0 bridgehead atoms. The summed E-state index contributed by atoms with van der Waals surface area (Å²) in [6, 6.07) is 6.00. The summed E-state index contributed by atoms with van der Waals surface area (Å²) in [5, 5.41) is 2.40. The number of nitrogens with zero attached hydrogens (tertiary/aromatic N) is 2. The molecular formula is C27H36N4O4. The molecule has 3 N–H and O–H groups in total. The Hall–Kier alpha value is -2.71. The molecule has 1 saturated carbocycles. The molecule has 5 rings (SSSR count). The summed E-state index contributed by atoms with van der Waals surface area (Å²) < 4.78 is 5.49. The van der Waals surface area contributed by atoms with Crippen LogP contribution in [-0.4, -0.2) is 60.5 Å². The second kappa shape index (κ2) is 10.5. The third-order valence-corrected chi connectivity index (χ3v) is 7.99. The maximum absolute atomic E-state index is 13.3. The fourth-order valence-corrected chi connectivity index (χ4v) is 6.00. The molecule has 3 amide bonds. The van der Waals surface area contributed by atoms with Crippen LogP contribution in [0.3, 0.4) is 0 Å². The molecule has 8 heteroatoms. The third-order valence-electron chi connectivity index (χ3n) is 7.99. The van der Waals surface area contributed by atoms with Crippen molar-refractivity contribution in [2.75, 3.05) is 24.7 Å². The molecule has 3 fully saturated rings. The Morgan fingerprint density at radius 3 is 2.57 bits per heavy atom. The number of hydrogen-bond acceptors (Lipinski definition) is 6. The smallest absolute Gasteiger partial charge is 0.255 e. The zero-order chi connectivity index (χ0) is 24.4. The summed E-state index contributed by atoms with van der Waals surface area (Å²) in [5.41, 5.74) is 10.4. The third kappa shape index (κ3) is 5.14. The highest BCUT2D eigenvalue weighted by atomic mass is 16.5. The van der Waals surface area contributed by atoms with E-state index in [1.54, 1.807) is 4.90 Å². The van der Waals surface area contributed by atoms with Crippen molar-refractivity contribution in [1.29, 1.82) is 0 Å². The number of anilines is 1. The fourth-order valence-electron chi connectivity index (χ4n) is 6.00. The molecule has 3 aliphatic heterocycles. The maximum atomic E-state index is 13.3. The Morgan fingerprint density at radius 2 is 1.83 bits per heavy atom. The Morgan fingerprint density at radius 1 is 1.06 bits per heavy atom. The first-order valence-electron chi connectivity index (χ1n) is 13.1.